The zero-order valence-corrected chi connectivity index (χ0v) is 8.66. The van der Waals surface area contributed by atoms with Crippen molar-refractivity contribution in [2.45, 2.75) is 40.5 Å². The zero-order chi connectivity index (χ0) is 8.69. The highest BCUT2D eigenvalue weighted by Gasteiger charge is 1.94. The Kier molecular flexibility index (Phi) is 6.13. The molecule has 0 atom stereocenters. The van der Waals surface area contributed by atoms with E-state index in [1.54, 1.807) is 11.3 Å². The molecule has 1 rings (SSSR count). The summed E-state index contributed by atoms with van der Waals surface area (Å²) in [6, 6.07) is 0. The molecule has 0 saturated carbocycles. The van der Waals surface area contributed by atoms with Crippen molar-refractivity contribution in [1.82, 2.24) is 4.98 Å². The van der Waals surface area contributed by atoms with E-state index < -0.39 is 0 Å². The summed E-state index contributed by atoms with van der Waals surface area (Å²) in [5.74, 6) is 0. The van der Waals surface area contributed by atoms with Crippen molar-refractivity contribution >= 4 is 11.3 Å². The van der Waals surface area contributed by atoms with Gasteiger partial charge in [-0.25, -0.2) is 4.98 Å². The Hall–Kier alpha value is -0.370. The second-order valence-corrected chi connectivity index (χ2v) is 3.08. The molecule has 11 heavy (non-hydrogen) atoms. The normalized spacial score (nSPS) is 8.73. The van der Waals surface area contributed by atoms with Crippen LogP contribution in [0.5, 0.6) is 0 Å². The molecule has 0 aliphatic rings. The highest BCUT2D eigenvalue weighted by molar-refractivity contribution is 7.09. The number of hydrogen-bond acceptors (Lipinski definition) is 2. The van der Waals surface area contributed by atoms with Crippen LogP contribution in [-0.2, 0) is 6.42 Å². The molecule has 0 unspecified atom stereocenters. The highest BCUT2D eigenvalue weighted by atomic mass is 32.1. The van der Waals surface area contributed by atoms with Crippen molar-refractivity contribution in [1.29, 1.82) is 0 Å². The van der Waals surface area contributed by atoms with Crippen LogP contribution in [0, 0.1) is 6.92 Å². The van der Waals surface area contributed by atoms with Crippen LogP contribution < -0.4 is 0 Å². The number of nitrogens with zero attached hydrogens (tertiary/aromatic N) is 1. The van der Waals surface area contributed by atoms with Crippen LogP contribution in [0.25, 0.3) is 0 Å². The van der Waals surface area contributed by atoms with E-state index in [-0.39, 0.29) is 0 Å². The van der Waals surface area contributed by atoms with Crippen LogP contribution in [0.4, 0.5) is 0 Å². The first-order valence-electron chi connectivity index (χ1n) is 4.24. The van der Waals surface area contributed by atoms with Gasteiger partial charge in [0.1, 0.15) is 0 Å². The van der Waals surface area contributed by atoms with E-state index in [4.69, 9.17) is 0 Å². The van der Waals surface area contributed by atoms with E-state index in [2.05, 4.69) is 17.3 Å². The predicted octanol–water partition coefficient (Wildman–Crippen LogP) is 3.43. The Morgan fingerprint density at radius 3 is 2.45 bits per heavy atom. The summed E-state index contributed by atoms with van der Waals surface area (Å²) in [5, 5.41) is 3.38. The number of thiazole rings is 1. The summed E-state index contributed by atoms with van der Waals surface area (Å²) in [5.41, 5.74) is 1.16. The molecule has 0 bridgehead atoms. The number of aryl methyl sites for hydroxylation is 2. The molecule has 1 aromatic rings. The van der Waals surface area contributed by atoms with Gasteiger partial charge in [0.05, 0.1) is 5.01 Å². The average molecular weight is 171 g/mol. The van der Waals surface area contributed by atoms with Gasteiger partial charge in [-0.2, -0.15) is 0 Å². The van der Waals surface area contributed by atoms with E-state index in [0.29, 0.717) is 0 Å². The third kappa shape index (κ3) is 4.14. The Morgan fingerprint density at radius 2 is 2.09 bits per heavy atom. The fourth-order valence-electron chi connectivity index (χ4n) is 0.731. The lowest BCUT2D eigenvalue weighted by Crippen LogP contribution is -1.79. The summed E-state index contributed by atoms with van der Waals surface area (Å²) in [6.45, 7) is 8.21. The maximum Gasteiger partial charge on any atom is 0.0928 e. The molecular weight excluding hydrogens is 154 g/mol. The van der Waals surface area contributed by atoms with Gasteiger partial charge in [-0.15, -0.1) is 11.3 Å². The molecular formula is C9H17NS. The van der Waals surface area contributed by atoms with Gasteiger partial charge >= 0.3 is 0 Å². The molecule has 0 aliphatic carbocycles. The summed E-state index contributed by atoms with van der Waals surface area (Å²) in [7, 11) is 0. The van der Waals surface area contributed by atoms with Crippen molar-refractivity contribution in [3.63, 3.8) is 0 Å². The fraction of sp³-hybridized carbons (Fsp3) is 0.667. The monoisotopic (exact) mass is 171 g/mol. The molecule has 1 aromatic heterocycles. The lowest BCUT2D eigenvalue weighted by atomic mass is 10.3. The second-order valence-electron chi connectivity index (χ2n) is 2.13. The van der Waals surface area contributed by atoms with E-state index in [0.717, 1.165) is 12.1 Å². The SMILES string of the molecule is CC.CCCc1nc(C)cs1. The summed E-state index contributed by atoms with van der Waals surface area (Å²) >= 11 is 1.76. The first kappa shape index (κ1) is 10.6. The van der Waals surface area contributed by atoms with Gasteiger partial charge in [0.25, 0.3) is 0 Å². The van der Waals surface area contributed by atoms with Crippen LogP contribution in [0.3, 0.4) is 0 Å². The van der Waals surface area contributed by atoms with Crippen LogP contribution in [0.15, 0.2) is 5.38 Å². The fourth-order valence-corrected chi connectivity index (χ4v) is 1.61. The average Bonchev–Trinajstić information content (AvgIpc) is 2.41. The molecule has 0 radical (unpaired) electrons. The van der Waals surface area contributed by atoms with Crippen molar-refractivity contribution in [3.8, 4) is 0 Å². The largest absolute Gasteiger partial charge is 0.247 e. The van der Waals surface area contributed by atoms with Crippen molar-refractivity contribution in [2.24, 2.45) is 0 Å². The molecule has 0 saturated heterocycles. The van der Waals surface area contributed by atoms with Gasteiger partial charge in [0.15, 0.2) is 0 Å². The topological polar surface area (TPSA) is 12.9 Å². The smallest absolute Gasteiger partial charge is 0.0928 e. The lowest BCUT2D eigenvalue weighted by Gasteiger charge is -1.85. The van der Waals surface area contributed by atoms with Crippen LogP contribution in [-0.4, -0.2) is 4.98 Å². The second kappa shape index (κ2) is 6.35. The summed E-state index contributed by atoms with van der Waals surface area (Å²) < 4.78 is 0. The standard InChI is InChI=1S/C7H11NS.C2H6/c1-3-4-7-8-6(2)5-9-7;1-2/h5H,3-4H2,1-2H3;1-2H3. The van der Waals surface area contributed by atoms with E-state index >= 15 is 0 Å². The molecule has 1 nitrogen and oxygen atoms in total. The minimum atomic E-state index is 1.14. The number of aromatic nitrogens is 1. The molecule has 0 aromatic carbocycles. The van der Waals surface area contributed by atoms with Gasteiger partial charge in [0.2, 0.25) is 0 Å². The maximum absolute atomic E-state index is 4.32. The van der Waals surface area contributed by atoms with E-state index in [1.807, 2.05) is 20.8 Å². The molecule has 0 fully saturated rings. The molecule has 64 valence electrons. The highest BCUT2D eigenvalue weighted by Crippen LogP contribution is 2.09. The third-order valence-electron chi connectivity index (χ3n) is 1.13. The first-order valence-corrected chi connectivity index (χ1v) is 5.12. The Morgan fingerprint density at radius 1 is 1.45 bits per heavy atom. The van der Waals surface area contributed by atoms with Crippen LogP contribution in [0.2, 0.25) is 0 Å². The molecule has 0 aliphatic heterocycles. The third-order valence-corrected chi connectivity index (χ3v) is 2.16. The van der Waals surface area contributed by atoms with E-state index in [9.17, 15) is 0 Å². The quantitative estimate of drug-likeness (QED) is 0.664. The van der Waals surface area contributed by atoms with Crippen LogP contribution >= 0.6 is 11.3 Å². The minimum absolute atomic E-state index is 1.14. The van der Waals surface area contributed by atoms with Gasteiger partial charge in [-0.05, 0) is 19.8 Å². The Balaban J connectivity index is 0.000000461. The van der Waals surface area contributed by atoms with E-state index in [1.165, 1.54) is 11.4 Å². The van der Waals surface area contributed by atoms with Gasteiger partial charge < -0.3 is 0 Å². The predicted molar refractivity (Wildman–Crippen MR) is 52.2 cm³/mol. The van der Waals surface area contributed by atoms with Crippen LogP contribution in [0.1, 0.15) is 37.9 Å². The van der Waals surface area contributed by atoms with Crippen molar-refractivity contribution < 1.29 is 0 Å². The molecule has 2 heteroatoms. The Bertz CT molecular complexity index is 181. The lowest BCUT2D eigenvalue weighted by molar-refractivity contribution is 0.903. The molecule has 0 N–H and O–H groups in total. The number of hydrogen-bond donors (Lipinski definition) is 0. The summed E-state index contributed by atoms with van der Waals surface area (Å²) in [6.07, 6.45) is 2.34. The maximum atomic E-state index is 4.32. The van der Waals surface area contributed by atoms with Gasteiger partial charge in [-0.3, -0.25) is 0 Å². The van der Waals surface area contributed by atoms with Gasteiger partial charge in [0, 0.05) is 11.1 Å². The first-order chi connectivity index (χ1) is 5.33. The van der Waals surface area contributed by atoms with Crippen molar-refractivity contribution in [3.05, 3.63) is 16.1 Å². The minimum Gasteiger partial charge on any atom is -0.247 e. The Labute approximate surface area is 73.5 Å². The van der Waals surface area contributed by atoms with Gasteiger partial charge in [-0.1, -0.05) is 20.8 Å². The van der Waals surface area contributed by atoms with Crippen molar-refractivity contribution in [2.75, 3.05) is 0 Å². The summed E-state index contributed by atoms with van der Waals surface area (Å²) in [4.78, 5) is 4.32. The molecule has 1 heterocycles. The zero-order valence-electron chi connectivity index (χ0n) is 7.85. The molecule has 0 spiro atoms. The number of rotatable bonds is 2. The molecule has 0 amide bonds.